The van der Waals surface area contributed by atoms with Crippen LogP contribution in [0.25, 0.3) is 0 Å². The molecule has 1 aliphatic rings. The number of rotatable bonds is 2. The molecule has 1 N–H and O–H groups in total. The molecule has 15 heavy (non-hydrogen) atoms. The second-order valence-electron chi connectivity index (χ2n) is 3.97. The minimum atomic E-state index is -0.222. The molecule has 0 fully saturated rings. The smallest absolute Gasteiger partial charge is 0.168 e. The quantitative estimate of drug-likeness (QED) is 0.808. The molecule has 1 aliphatic heterocycles. The zero-order valence-electron chi connectivity index (χ0n) is 9.30. The van der Waals surface area contributed by atoms with E-state index in [1.54, 1.807) is 13.0 Å². The van der Waals surface area contributed by atoms with Gasteiger partial charge in [0.1, 0.15) is 6.10 Å². The van der Waals surface area contributed by atoms with Gasteiger partial charge in [-0.15, -0.1) is 0 Å². The van der Waals surface area contributed by atoms with Crippen LogP contribution in [-0.2, 0) is 0 Å². The van der Waals surface area contributed by atoms with Crippen molar-refractivity contribution in [3.05, 3.63) is 29.1 Å². The number of likely N-dealkylation sites (N-methyl/N-ethyl adjacent to an activating group) is 1. The lowest BCUT2D eigenvalue weighted by atomic mass is 10.0. The SMILES string of the molecule is CCNC1c2ccc(C)c(F)c2OC1C. The molecule has 0 aromatic heterocycles. The van der Waals surface area contributed by atoms with E-state index in [0.717, 1.165) is 12.1 Å². The molecular formula is C12H16FNO. The van der Waals surface area contributed by atoms with Gasteiger partial charge < -0.3 is 10.1 Å². The van der Waals surface area contributed by atoms with Crippen molar-refractivity contribution in [2.24, 2.45) is 0 Å². The number of ether oxygens (including phenoxy) is 1. The highest BCUT2D eigenvalue weighted by atomic mass is 19.1. The first kappa shape index (κ1) is 10.4. The Bertz CT molecular complexity index is 378. The molecule has 0 aliphatic carbocycles. The highest BCUT2D eigenvalue weighted by molar-refractivity contribution is 5.44. The van der Waals surface area contributed by atoms with Gasteiger partial charge >= 0.3 is 0 Å². The normalized spacial score (nSPS) is 23.7. The van der Waals surface area contributed by atoms with Crippen molar-refractivity contribution in [3.8, 4) is 5.75 Å². The van der Waals surface area contributed by atoms with Gasteiger partial charge in [-0.3, -0.25) is 0 Å². The van der Waals surface area contributed by atoms with Crippen molar-refractivity contribution in [1.82, 2.24) is 5.32 Å². The molecule has 0 amide bonds. The summed E-state index contributed by atoms with van der Waals surface area (Å²) in [5, 5.41) is 3.31. The molecule has 1 aromatic rings. The number of hydrogen-bond acceptors (Lipinski definition) is 2. The molecule has 0 bridgehead atoms. The third-order valence-corrected chi connectivity index (χ3v) is 2.85. The predicted octanol–water partition coefficient (Wildman–Crippen LogP) is 2.57. The average Bonchev–Trinajstić information content (AvgIpc) is 2.52. The summed E-state index contributed by atoms with van der Waals surface area (Å²) < 4.78 is 19.3. The first-order valence-corrected chi connectivity index (χ1v) is 5.34. The van der Waals surface area contributed by atoms with Gasteiger partial charge in [0.05, 0.1) is 6.04 Å². The number of hydrogen-bond donors (Lipinski definition) is 1. The Morgan fingerprint density at radius 3 is 2.87 bits per heavy atom. The summed E-state index contributed by atoms with van der Waals surface area (Å²) in [7, 11) is 0. The summed E-state index contributed by atoms with van der Waals surface area (Å²) in [6, 6.07) is 3.87. The van der Waals surface area contributed by atoms with Gasteiger partial charge in [-0.25, -0.2) is 4.39 Å². The van der Waals surface area contributed by atoms with E-state index in [1.165, 1.54) is 0 Å². The van der Waals surface area contributed by atoms with E-state index in [2.05, 4.69) is 5.32 Å². The maximum Gasteiger partial charge on any atom is 0.168 e. The topological polar surface area (TPSA) is 21.3 Å². The first-order chi connectivity index (χ1) is 7.15. The summed E-state index contributed by atoms with van der Waals surface area (Å²) >= 11 is 0. The van der Waals surface area contributed by atoms with E-state index in [-0.39, 0.29) is 18.0 Å². The molecule has 1 aromatic carbocycles. The molecular weight excluding hydrogens is 193 g/mol. The van der Waals surface area contributed by atoms with Crippen molar-refractivity contribution >= 4 is 0 Å². The van der Waals surface area contributed by atoms with E-state index in [4.69, 9.17) is 4.74 Å². The summed E-state index contributed by atoms with van der Waals surface area (Å²) in [6.07, 6.45) is -0.00347. The zero-order valence-corrected chi connectivity index (χ0v) is 9.30. The fraction of sp³-hybridized carbons (Fsp3) is 0.500. The molecule has 1 heterocycles. The maximum atomic E-state index is 13.7. The Morgan fingerprint density at radius 2 is 2.20 bits per heavy atom. The second-order valence-corrected chi connectivity index (χ2v) is 3.97. The van der Waals surface area contributed by atoms with Crippen LogP contribution in [0.15, 0.2) is 12.1 Å². The number of fused-ring (bicyclic) bond motifs is 1. The minimum absolute atomic E-state index is 0.00347. The van der Waals surface area contributed by atoms with E-state index >= 15 is 0 Å². The maximum absolute atomic E-state index is 13.7. The van der Waals surface area contributed by atoms with Crippen LogP contribution in [0.5, 0.6) is 5.75 Å². The van der Waals surface area contributed by atoms with Gasteiger partial charge in [-0.1, -0.05) is 19.1 Å². The Morgan fingerprint density at radius 1 is 1.47 bits per heavy atom. The number of nitrogens with one attached hydrogen (secondary N) is 1. The molecule has 0 radical (unpaired) electrons. The zero-order chi connectivity index (χ0) is 11.0. The number of aryl methyl sites for hydroxylation is 1. The van der Waals surface area contributed by atoms with E-state index in [1.807, 2.05) is 19.9 Å². The molecule has 3 heteroatoms. The third-order valence-electron chi connectivity index (χ3n) is 2.85. The number of halogens is 1. The third kappa shape index (κ3) is 1.61. The lowest BCUT2D eigenvalue weighted by Gasteiger charge is -2.14. The average molecular weight is 209 g/mol. The van der Waals surface area contributed by atoms with Crippen LogP contribution in [0.3, 0.4) is 0 Å². The standard InChI is InChI=1S/C12H16FNO/c1-4-14-11-8(3)15-12-9(11)6-5-7(2)10(12)13/h5-6,8,11,14H,4H2,1-3H3. The Hall–Kier alpha value is -1.09. The molecule has 2 nitrogen and oxygen atoms in total. The summed E-state index contributed by atoms with van der Waals surface area (Å²) in [4.78, 5) is 0. The van der Waals surface area contributed by atoms with E-state index < -0.39 is 0 Å². The van der Waals surface area contributed by atoms with Crippen LogP contribution >= 0.6 is 0 Å². The molecule has 2 atom stereocenters. The first-order valence-electron chi connectivity index (χ1n) is 5.34. The second kappa shape index (κ2) is 3.81. The number of benzene rings is 1. The largest absolute Gasteiger partial charge is 0.485 e. The predicted molar refractivity (Wildman–Crippen MR) is 57.6 cm³/mol. The van der Waals surface area contributed by atoms with Crippen LogP contribution in [0.2, 0.25) is 0 Å². The lowest BCUT2D eigenvalue weighted by Crippen LogP contribution is -2.28. The fourth-order valence-electron chi connectivity index (χ4n) is 2.04. The van der Waals surface area contributed by atoms with E-state index in [9.17, 15) is 4.39 Å². The minimum Gasteiger partial charge on any atom is -0.485 e. The van der Waals surface area contributed by atoms with Crippen molar-refractivity contribution in [2.75, 3.05) is 6.54 Å². The molecule has 2 unspecified atom stereocenters. The van der Waals surface area contributed by atoms with Crippen LogP contribution in [0.1, 0.15) is 31.0 Å². The fourth-order valence-corrected chi connectivity index (χ4v) is 2.04. The molecule has 82 valence electrons. The molecule has 0 saturated carbocycles. The Kier molecular flexibility index (Phi) is 2.65. The monoisotopic (exact) mass is 209 g/mol. The van der Waals surface area contributed by atoms with Crippen LogP contribution in [0.4, 0.5) is 4.39 Å². The highest BCUT2D eigenvalue weighted by Crippen LogP contribution is 2.39. The van der Waals surface area contributed by atoms with E-state index in [0.29, 0.717) is 11.3 Å². The molecule has 2 rings (SSSR count). The highest BCUT2D eigenvalue weighted by Gasteiger charge is 2.32. The van der Waals surface area contributed by atoms with Gasteiger partial charge in [0.25, 0.3) is 0 Å². The van der Waals surface area contributed by atoms with Crippen LogP contribution in [0, 0.1) is 12.7 Å². The van der Waals surface area contributed by atoms with Gasteiger partial charge in [0.15, 0.2) is 11.6 Å². The lowest BCUT2D eigenvalue weighted by molar-refractivity contribution is 0.204. The van der Waals surface area contributed by atoms with Gasteiger partial charge in [-0.05, 0) is 26.0 Å². The Labute approximate surface area is 89.4 Å². The molecule has 0 saturated heterocycles. The van der Waals surface area contributed by atoms with Crippen molar-refractivity contribution < 1.29 is 9.13 Å². The van der Waals surface area contributed by atoms with Crippen molar-refractivity contribution in [2.45, 2.75) is 32.9 Å². The summed E-state index contributed by atoms with van der Waals surface area (Å²) in [5.74, 6) is 0.202. The van der Waals surface area contributed by atoms with Gasteiger partial charge in [0.2, 0.25) is 0 Å². The van der Waals surface area contributed by atoms with Gasteiger partial charge in [0, 0.05) is 5.56 Å². The summed E-state index contributed by atoms with van der Waals surface area (Å²) in [5.41, 5.74) is 1.57. The van der Waals surface area contributed by atoms with Crippen molar-refractivity contribution in [3.63, 3.8) is 0 Å². The van der Waals surface area contributed by atoms with Crippen LogP contribution < -0.4 is 10.1 Å². The summed E-state index contributed by atoms with van der Waals surface area (Å²) in [6.45, 7) is 6.61. The Balaban J connectivity index is 2.42. The van der Waals surface area contributed by atoms with Gasteiger partial charge in [-0.2, -0.15) is 0 Å². The molecule has 0 spiro atoms. The van der Waals surface area contributed by atoms with Crippen molar-refractivity contribution in [1.29, 1.82) is 0 Å². The van der Waals surface area contributed by atoms with Crippen LogP contribution in [-0.4, -0.2) is 12.6 Å².